The molecule has 3 aromatic carbocycles. The number of aromatic nitrogens is 1. The van der Waals surface area contributed by atoms with Gasteiger partial charge in [-0.05, 0) is 53.8 Å². The summed E-state index contributed by atoms with van der Waals surface area (Å²) in [6, 6.07) is 23.8. The van der Waals surface area contributed by atoms with Gasteiger partial charge in [0.25, 0.3) is 0 Å². The predicted octanol–water partition coefficient (Wildman–Crippen LogP) is 5.02. The molecule has 2 aliphatic rings. The van der Waals surface area contributed by atoms with Crippen LogP contribution in [0.25, 0.3) is 22.0 Å². The molecule has 0 spiro atoms. The molecule has 1 aromatic heterocycles. The van der Waals surface area contributed by atoms with E-state index in [2.05, 4.69) is 78.6 Å². The summed E-state index contributed by atoms with van der Waals surface area (Å²) >= 11 is 0. The lowest BCUT2D eigenvalue weighted by atomic mass is 9.86. The number of hydrogen-bond acceptors (Lipinski definition) is 5. The molecule has 0 aliphatic carbocycles. The summed E-state index contributed by atoms with van der Waals surface area (Å²) in [6.07, 6.45) is 0.994. The van der Waals surface area contributed by atoms with Gasteiger partial charge in [-0.3, -0.25) is 4.99 Å². The Morgan fingerprint density at radius 3 is 2.62 bits per heavy atom. The van der Waals surface area contributed by atoms with Gasteiger partial charge in [0, 0.05) is 36.1 Å². The molecule has 5 nitrogen and oxygen atoms in total. The summed E-state index contributed by atoms with van der Waals surface area (Å²) in [6.45, 7) is 6.10. The standard InChI is InChI=1S/C29H28N4O/c1-19-5-4-8-24(28-23-7-3-2-6-20(23)11-12-31-28)27(19)21-9-10-25-22(17-21)18-26(29(30)32-25)33-13-15-34-16-14-33/h2-10,17-18H,11-16H2,1H3,(H2,30,32). The number of nitrogens with two attached hydrogens (primary N) is 1. The molecular formula is C29H28N4O. The van der Waals surface area contributed by atoms with E-state index >= 15 is 0 Å². The minimum absolute atomic E-state index is 0.576. The summed E-state index contributed by atoms with van der Waals surface area (Å²) in [5, 5.41) is 1.09. The first-order chi connectivity index (χ1) is 16.7. The van der Waals surface area contributed by atoms with Gasteiger partial charge in [-0.15, -0.1) is 0 Å². The molecule has 4 aromatic rings. The Balaban J connectivity index is 1.49. The lowest BCUT2D eigenvalue weighted by molar-refractivity contribution is 0.123. The molecule has 0 radical (unpaired) electrons. The van der Waals surface area contributed by atoms with Crippen molar-refractivity contribution >= 4 is 28.1 Å². The molecule has 5 heteroatoms. The highest BCUT2D eigenvalue weighted by atomic mass is 16.5. The minimum atomic E-state index is 0.576. The van der Waals surface area contributed by atoms with Crippen LogP contribution in [0.3, 0.4) is 0 Å². The molecule has 0 bridgehead atoms. The number of fused-ring (bicyclic) bond motifs is 2. The summed E-state index contributed by atoms with van der Waals surface area (Å²) in [7, 11) is 0. The topological polar surface area (TPSA) is 63.7 Å². The summed E-state index contributed by atoms with van der Waals surface area (Å²) in [5.41, 5.74) is 16.8. The van der Waals surface area contributed by atoms with Crippen molar-refractivity contribution in [3.05, 3.63) is 89.0 Å². The fraction of sp³-hybridized carbons (Fsp3) is 0.241. The third-order valence-electron chi connectivity index (χ3n) is 6.91. The third kappa shape index (κ3) is 3.62. The van der Waals surface area contributed by atoms with E-state index in [1.165, 1.54) is 33.4 Å². The molecular weight excluding hydrogens is 420 g/mol. The Hall–Kier alpha value is -3.70. The molecule has 170 valence electrons. The van der Waals surface area contributed by atoms with Crippen LogP contribution in [-0.4, -0.2) is 43.5 Å². The molecule has 0 unspecified atom stereocenters. The van der Waals surface area contributed by atoms with Gasteiger partial charge >= 0.3 is 0 Å². The molecule has 3 heterocycles. The van der Waals surface area contributed by atoms with Gasteiger partial charge in [0.2, 0.25) is 0 Å². The minimum Gasteiger partial charge on any atom is -0.382 e. The van der Waals surface area contributed by atoms with Crippen LogP contribution in [0.2, 0.25) is 0 Å². The van der Waals surface area contributed by atoms with Crippen LogP contribution in [0.4, 0.5) is 11.5 Å². The number of ether oxygens (including phenoxy) is 1. The fourth-order valence-corrected chi connectivity index (χ4v) is 5.21. The van der Waals surface area contributed by atoms with Crippen LogP contribution in [-0.2, 0) is 11.2 Å². The van der Waals surface area contributed by atoms with Gasteiger partial charge in [-0.1, -0.05) is 48.5 Å². The van der Waals surface area contributed by atoms with Gasteiger partial charge in [0.1, 0.15) is 5.82 Å². The maximum absolute atomic E-state index is 6.35. The first-order valence-electron chi connectivity index (χ1n) is 11.9. The zero-order chi connectivity index (χ0) is 23.1. The molecule has 0 atom stereocenters. The van der Waals surface area contributed by atoms with Crippen LogP contribution in [0.1, 0.15) is 22.3 Å². The number of benzene rings is 3. The SMILES string of the molecule is Cc1cccc(C2=NCCc3ccccc32)c1-c1ccc2nc(N)c(N3CCOCC3)cc2c1. The van der Waals surface area contributed by atoms with Gasteiger partial charge in [-0.25, -0.2) is 4.98 Å². The maximum Gasteiger partial charge on any atom is 0.147 e. The Labute approximate surface area is 199 Å². The zero-order valence-electron chi connectivity index (χ0n) is 19.4. The molecule has 0 amide bonds. The quantitative estimate of drug-likeness (QED) is 0.478. The number of nitrogen functional groups attached to an aromatic ring is 1. The van der Waals surface area contributed by atoms with E-state index in [0.717, 1.165) is 48.4 Å². The van der Waals surface area contributed by atoms with Crippen LogP contribution in [0, 0.1) is 6.92 Å². The fourth-order valence-electron chi connectivity index (χ4n) is 5.21. The number of anilines is 2. The monoisotopic (exact) mass is 448 g/mol. The second-order valence-corrected chi connectivity index (χ2v) is 9.03. The maximum atomic E-state index is 6.35. The van der Waals surface area contributed by atoms with Crippen molar-refractivity contribution in [2.45, 2.75) is 13.3 Å². The zero-order valence-corrected chi connectivity index (χ0v) is 19.4. The Bertz CT molecular complexity index is 1420. The van der Waals surface area contributed by atoms with E-state index < -0.39 is 0 Å². The molecule has 0 saturated carbocycles. The lowest BCUT2D eigenvalue weighted by Crippen LogP contribution is -2.36. The molecule has 2 N–H and O–H groups in total. The first-order valence-corrected chi connectivity index (χ1v) is 11.9. The molecule has 34 heavy (non-hydrogen) atoms. The average Bonchev–Trinajstić information content (AvgIpc) is 2.88. The van der Waals surface area contributed by atoms with Crippen molar-refractivity contribution in [3.63, 3.8) is 0 Å². The number of aliphatic imine (C=N–C) groups is 1. The summed E-state index contributed by atoms with van der Waals surface area (Å²) in [5.74, 6) is 0.576. The van der Waals surface area contributed by atoms with E-state index in [1.807, 2.05) is 0 Å². The first kappa shape index (κ1) is 20.9. The average molecular weight is 449 g/mol. The Morgan fingerprint density at radius 2 is 1.74 bits per heavy atom. The highest BCUT2D eigenvalue weighted by Gasteiger charge is 2.21. The number of rotatable bonds is 3. The van der Waals surface area contributed by atoms with Crippen molar-refractivity contribution in [1.82, 2.24) is 4.98 Å². The molecule has 2 aliphatic heterocycles. The number of pyridine rings is 1. The third-order valence-corrected chi connectivity index (χ3v) is 6.91. The number of aryl methyl sites for hydroxylation is 1. The van der Waals surface area contributed by atoms with E-state index in [9.17, 15) is 0 Å². The Kier molecular flexibility index (Phi) is 5.27. The highest BCUT2D eigenvalue weighted by molar-refractivity contribution is 6.18. The van der Waals surface area contributed by atoms with Crippen molar-refractivity contribution in [3.8, 4) is 11.1 Å². The van der Waals surface area contributed by atoms with E-state index in [4.69, 9.17) is 20.4 Å². The number of hydrogen-bond donors (Lipinski definition) is 1. The number of nitrogens with zero attached hydrogens (tertiary/aromatic N) is 3. The largest absolute Gasteiger partial charge is 0.382 e. The number of morpholine rings is 1. The van der Waals surface area contributed by atoms with E-state index in [0.29, 0.717) is 19.0 Å². The second-order valence-electron chi connectivity index (χ2n) is 9.03. The van der Waals surface area contributed by atoms with Gasteiger partial charge in [0.15, 0.2) is 0 Å². The van der Waals surface area contributed by atoms with Crippen LogP contribution in [0.15, 0.2) is 71.7 Å². The van der Waals surface area contributed by atoms with Crippen LogP contribution in [0.5, 0.6) is 0 Å². The molecule has 6 rings (SSSR count). The predicted molar refractivity (Wildman–Crippen MR) is 140 cm³/mol. The van der Waals surface area contributed by atoms with Crippen LogP contribution < -0.4 is 10.6 Å². The smallest absolute Gasteiger partial charge is 0.147 e. The molecule has 1 saturated heterocycles. The summed E-state index contributed by atoms with van der Waals surface area (Å²) < 4.78 is 5.52. The van der Waals surface area contributed by atoms with Crippen molar-refractivity contribution in [2.24, 2.45) is 4.99 Å². The highest BCUT2D eigenvalue weighted by Crippen LogP contribution is 2.35. The Morgan fingerprint density at radius 1 is 0.912 bits per heavy atom. The van der Waals surface area contributed by atoms with Crippen molar-refractivity contribution in [2.75, 3.05) is 43.5 Å². The normalized spacial score (nSPS) is 15.8. The lowest BCUT2D eigenvalue weighted by Gasteiger charge is -2.29. The van der Waals surface area contributed by atoms with E-state index in [-0.39, 0.29) is 0 Å². The summed E-state index contributed by atoms with van der Waals surface area (Å²) in [4.78, 5) is 12.0. The second kappa shape index (κ2) is 8.58. The van der Waals surface area contributed by atoms with Gasteiger partial charge < -0.3 is 15.4 Å². The molecule has 1 fully saturated rings. The van der Waals surface area contributed by atoms with Crippen LogP contribution >= 0.6 is 0 Å². The van der Waals surface area contributed by atoms with Gasteiger partial charge in [0.05, 0.1) is 30.1 Å². The van der Waals surface area contributed by atoms with Gasteiger partial charge in [-0.2, -0.15) is 0 Å². The van der Waals surface area contributed by atoms with Crippen molar-refractivity contribution < 1.29 is 4.74 Å². The van der Waals surface area contributed by atoms with Crippen molar-refractivity contribution in [1.29, 1.82) is 0 Å². The van der Waals surface area contributed by atoms with E-state index in [1.54, 1.807) is 0 Å².